The predicted molar refractivity (Wildman–Crippen MR) is 88.0 cm³/mol. The van der Waals surface area contributed by atoms with Gasteiger partial charge in [-0.25, -0.2) is 19.3 Å². The lowest BCUT2D eigenvalue weighted by Gasteiger charge is -2.09. The number of hydrogen-bond acceptors (Lipinski definition) is 4. The number of methoxy groups -OCH3 is 1. The van der Waals surface area contributed by atoms with Crippen LogP contribution in [-0.4, -0.2) is 28.7 Å². The van der Waals surface area contributed by atoms with Gasteiger partial charge in [-0.2, -0.15) is 8.78 Å². The Labute approximate surface area is 146 Å². The maximum absolute atomic E-state index is 13.8. The summed E-state index contributed by atoms with van der Waals surface area (Å²) in [5.74, 6) is -3.85. The lowest BCUT2D eigenvalue weighted by Crippen LogP contribution is -2.03. The number of ether oxygens (including phenoxy) is 1. The first kappa shape index (κ1) is 17.6. The summed E-state index contributed by atoms with van der Waals surface area (Å²) in [6.45, 7) is 1.76. The first-order chi connectivity index (χ1) is 11.9. The third-order valence-electron chi connectivity index (χ3n) is 3.77. The van der Waals surface area contributed by atoms with Crippen LogP contribution in [0, 0.1) is 24.5 Å². The van der Waals surface area contributed by atoms with Crippen LogP contribution in [0.2, 0.25) is 5.15 Å². The number of nitrogens with zero attached hydrogens (tertiary/aromatic N) is 3. The number of hydrogen-bond donors (Lipinski definition) is 0. The molecular formula is C17H13ClF3N3O. The molecule has 2 aromatic heterocycles. The molecule has 0 saturated carbocycles. The normalized spacial score (nSPS) is 11.3. The van der Waals surface area contributed by atoms with E-state index in [-0.39, 0.29) is 16.4 Å². The Morgan fingerprint density at radius 1 is 1.08 bits per heavy atom. The molecule has 0 atom stereocenters. The van der Waals surface area contributed by atoms with E-state index in [1.165, 1.54) is 6.92 Å². The van der Waals surface area contributed by atoms with Gasteiger partial charge < -0.3 is 4.74 Å². The zero-order valence-electron chi connectivity index (χ0n) is 13.4. The van der Waals surface area contributed by atoms with Crippen LogP contribution in [0.15, 0.2) is 18.2 Å². The SMILES string of the molecule is COCCc1nc(Cl)c2ccc(-c3nc(F)c(F)c(F)c3C)cc2n1. The zero-order valence-corrected chi connectivity index (χ0v) is 14.2. The van der Waals surface area contributed by atoms with E-state index in [4.69, 9.17) is 16.3 Å². The van der Waals surface area contributed by atoms with Gasteiger partial charge in [-0.3, -0.25) is 0 Å². The Balaban J connectivity index is 2.15. The quantitative estimate of drug-likeness (QED) is 0.510. The van der Waals surface area contributed by atoms with E-state index in [0.29, 0.717) is 35.3 Å². The highest BCUT2D eigenvalue weighted by Gasteiger charge is 2.19. The van der Waals surface area contributed by atoms with Crippen molar-refractivity contribution in [1.82, 2.24) is 15.0 Å². The molecule has 2 heterocycles. The van der Waals surface area contributed by atoms with E-state index in [0.717, 1.165) is 0 Å². The van der Waals surface area contributed by atoms with Gasteiger partial charge in [0.2, 0.25) is 5.82 Å². The van der Waals surface area contributed by atoms with E-state index in [2.05, 4.69) is 15.0 Å². The van der Waals surface area contributed by atoms with Crippen LogP contribution in [0.4, 0.5) is 13.2 Å². The van der Waals surface area contributed by atoms with E-state index in [1.54, 1.807) is 25.3 Å². The Hall–Kier alpha value is -2.25. The lowest BCUT2D eigenvalue weighted by molar-refractivity contribution is 0.200. The molecule has 0 amide bonds. The molecule has 0 unspecified atom stereocenters. The molecule has 25 heavy (non-hydrogen) atoms. The molecule has 0 radical (unpaired) electrons. The van der Waals surface area contributed by atoms with Crippen LogP contribution in [-0.2, 0) is 11.2 Å². The molecule has 0 fully saturated rings. The largest absolute Gasteiger partial charge is 0.384 e. The van der Waals surface area contributed by atoms with Crippen molar-refractivity contribution in [2.75, 3.05) is 13.7 Å². The van der Waals surface area contributed by atoms with Crippen molar-refractivity contribution in [3.8, 4) is 11.3 Å². The second kappa shape index (κ2) is 6.93. The number of halogens is 4. The van der Waals surface area contributed by atoms with Crippen LogP contribution in [0.3, 0.4) is 0 Å². The van der Waals surface area contributed by atoms with Gasteiger partial charge in [0.1, 0.15) is 11.0 Å². The van der Waals surface area contributed by atoms with Crippen molar-refractivity contribution in [3.63, 3.8) is 0 Å². The van der Waals surface area contributed by atoms with Crippen LogP contribution >= 0.6 is 11.6 Å². The molecule has 0 bridgehead atoms. The standard InChI is InChI=1S/C17H13ClF3N3O/c1-8-13(19)14(20)17(21)24-15(8)9-3-4-10-11(7-9)22-12(5-6-25-2)23-16(10)18/h3-4,7H,5-6H2,1-2H3. The highest BCUT2D eigenvalue weighted by atomic mass is 35.5. The molecule has 8 heteroatoms. The molecule has 0 aliphatic heterocycles. The monoisotopic (exact) mass is 367 g/mol. The highest BCUT2D eigenvalue weighted by Crippen LogP contribution is 2.29. The molecule has 130 valence electrons. The highest BCUT2D eigenvalue weighted by molar-refractivity contribution is 6.34. The molecule has 0 N–H and O–H groups in total. The summed E-state index contributed by atoms with van der Waals surface area (Å²) in [6, 6.07) is 4.80. The maximum atomic E-state index is 13.8. The minimum absolute atomic E-state index is 0.00600. The number of pyridine rings is 1. The molecule has 3 aromatic rings. The van der Waals surface area contributed by atoms with Gasteiger partial charge in [0.15, 0.2) is 5.82 Å². The van der Waals surface area contributed by atoms with Gasteiger partial charge in [0.25, 0.3) is 5.95 Å². The lowest BCUT2D eigenvalue weighted by atomic mass is 10.0. The third kappa shape index (κ3) is 3.29. The first-order valence-electron chi connectivity index (χ1n) is 7.39. The molecule has 0 aliphatic rings. The average molecular weight is 368 g/mol. The van der Waals surface area contributed by atoms with Crippen LogP contribution in [0.1, 0.15) is 11.4 Å². The summed E-state index contributed by atoms with van der Waals surface area (Å²) < 4.78 is 45.6. The first-order valence-corrected chi connectivity index (χ1v) is 7.76. The molecule has 0 spiro atoms. The van der Waals surface area contributed by atoms with Gasteiger partial charge in [0, 0.05) is 30.0 Å². The van der Waals surface area contributed by atoms with Crippen molar-refractivity contribution < 1.29 is 17.9 Å². The molecule has 0 saturated heterocycles. The summed E-state index contributed by atoms with van der Waals surface area (Å²) in [5, 5.41) is 0.857. The zero-order chi connectivity index (χ0) is 18.1. The molecule has 4 nitrogen and oxygen atoms in total. The van der Waals surface area contributed by atoms with Gasteiger partial charge >= 0.3 is 0 Å². The van der Waals surface area contributed by atoms with Crippen molar-refractivity contribution >= 4 is 22.5 Å². The summed E-state index contributed by atoms with van der Waals surface area (Å²) in [5.41, 5.74) is 0.815. The number of fused-ring (bicyclic) bond motifs is 1. The average Bonchev–Trinajstić information content (AvgIpc) is 2.60. The second-order valence-electron chi connectivity index (χ2n) is 5.41. The summed E-state index contributed by atoms with van der Waals surface area (Å²) in [6.07, 6.45) is 0.466. The Kier molecular flexibility index (Phi) is 4.87. The summed E-state index contributed by atoms with van der Waals surface area (Å²) >= 11 is 6.16. The Morgan fingerprint density at radius 3 is 2.56 bits per heavy atom. The fourth-order valence-corrected chi connectivity index (χ4v) is 2.72. The van der Waals surface area contributed by atoms with Gasteiger partial charge in [-0.15, -0.1) is 0 Å². The van der Waals surface area contributed by atoms with E-state index in [1.807, 2.05) is 0 Å². The predicted octanol–water partition coefficient (Wildman–Crippen LogP) is 4.26. The third-order valence-corrected chi connectivity index (χ3v) is 4.06. The van der Waals surface area contributed by atoms with E-state index >= 15 is 0 Å². The molecular weight excluding hydrogens is 355 g/mol. The van der Waals surface area contributed by atoms with Crippen molar-refractivity contribution in [3.05, 3.63) is 52.3 Å². The second-order valence-corrected chi connectivity index (χ2v) is 5.77. The minimum atomic E-state index is -1.59. The van der Waals surface area contributed by atoms with Crippen molar-refractivity contribution in [2.45, 2.75) is 13.3 Å². The summed E-state index contributed by atoms with van der Waals surface area (Å²) in [4.78, 5) is 12.1. The van der Waals surface area contributed by atoms with E-state index in [9.17, 15) is 13.2 Å². The van der Waals surface area contributed by atoms with Crippen LogP contribution < -0.4 is 0 Å². The van der Waals surface area contributed by atoms with Crippen LogP contribution in [0.5, 0.6) is 0 Å². The minimum Gasteiger partial charge on any atom is -0.384 e. The maximum Gasteiger partial charge on any atom is 0.252 e. The van der Waals surface area contributed by atoms with Crippen molar-refractivity contribution in [1.29, 1.82) is 0 Å². The molecule has 0 aliphatic carbocycles. The Bertz CT molecular complexity index is 966. The fraction of sp³-hybridized carbons (Fsp3) is 0.235. The van der Waals surface area contributed by atoms with Gasteiger partial charge in [-0.05, 0) is 19.1 Å². The smallest absolute Gasteiger partial charge is 0.252 e. The topological polar surface area (TPSA) is 47.9 Å². The van der Waals surface area contributed by atoms with Crippen LogP contribution in [0.25, 0.3) is 22.2 Å². The van der Waals surface area contributed by atoms with Gasteiger partial charge in [-0.1, -0.05) is 17.7 Å². The van der Waals surface area contributed by atoms with E-state index < -0.39 is 17.6 Å². The molecule has 3 rings (SSSR count). The Morgan fingerprint density at radius 2 is 1.84 bits per heavy atom. The summed E-state index contributed by atoms with van der Waals surface area (Å²) in [7, 11) is 1.56. The number of aromatic nitrogens is 3. The molecule has 1 aromatic carbocycles. The number of benzene rings is 1. The number of rotatable bonds is 4. The van der Waals surface area contributed by atoms with Gasteiger partial charge in [0.05, 0.1) is 17.8 Å². The van der Waals surface area contributed by atoms with Crippen molar-refractivity contribution in [2.24, 2.45) is 0 Å². The fourth-order valence-electron chi connectivity index (χ4n) is 2.46.